The second-order valence-corrected chi connectivity index (χ2v) is 3.80. The van der Waals surface area contributed by atoms with Crippen LogP contribution in [0.5, 0.6) is 0 Å². The number of carbonyl (C=O) groups excluding carboxylic acids is 3. The van der Waals surface area contributed by atoms with E-state index >= 15 is 0 Å². The minimum Gasteiger partial charge on any atom is -0.320 e. The average molecular weight is 245 g/mol. The van der Waals surface area contributed by atoms with Crippen molar-refractivity contribution < 1.29 is 14.4 Å². The summed E-state index contributed by atoms with van der Waals surface area (Å²) in [5, 5.41) is 2.45. The van der Waals surface area contributed by atoms with Crippen LogP contribution in [0.3, 0.4) is 0 Å². The van der Waals surface area contributed by atoms with Crippen LogP contribution < -0.4 is 5.32 Å². The highest BCUT2D eigenvalue weighted by Crippen LogP contribution is 2.10. The van der Waals surface area contributed by atoms with Gasteiger partial charge < -0.3 is 5.32 Å². The zero-order chi connectivity index (χ0) is 13.1. The number of hydrogen-bond donors (Lipinski definition) is 1. The van der Waals surface area contributed by atoms with Gasteiger partial charge in [-0.1, -0.05) is 6.07 Å². The molecule has 1 aromatic rings. The summed E-state index contributed by atoms with van der Waals surface area (Å²) >= 11 is 0. The molecule has 2 rings (SSSR count). The summed E-state index contributed by atoms with van der Waals surface area (Å²) in [6, 6.07) is 3.45. The SMILES string of the molecule is CC(=O)N1CC(=O)NC(=Cc2cccnc2)C1=O. The van der Waals surface area contributed by atoms with Crippen LogP contribution in [0.25, 0.3) is 6.08 Å². The van der Waals surface area contributed by atoms with E-state index in [1.807, 2.05) is 0 Å². The van der Waals surface area contributed by atoms with E-state index in [1.54, 1.807) is 24.5 Å². The molecule has 0 radical (unpaired) electrons. The molecule has 92 valence electrons. The zero-order valence-corrected chi connectivity index (χ0v) is 9.71. The second kappa shape index (κ2) is 4.79. The molecule has 1 aromatic heterocycles. The van der Waals surface area contributed by atoms with Crippen molar-refractivity contribution in [3.8, 4) is 0 Å². The molecule has 3 amide bonds. The maximum Gasteiger partial charge on any atom is 0.277 e. The summed E-state index contributed by atoms with van der Waals surface area (Å²) in [5.74, 6) is -1.35. The quantitative estimate of drug-likeness (QED) is 0.702. The Morgan fingerprint density at radius 3 is 2.89 bits per heavy atom. The molecule has 1 aliphatic rings. The third-order valence-electron chi connectivity index (χ3n) is 2.43. The number of pyridine rings is 1. The van der Waals surface area contributed by atoms with E-state index in [4.69, 9.17) is 0 Å². The third kappa shape index (κ3) is 2.42. The van der Waals surface area contributed by atoms with Crippen LogP contribution in [0.1, 0.15) is 12.5 Å². The number of imide groups is 1. The number of carbonyl (C=O) groups is 3. The van der Waals surface area contributed by atoms with Gasteiger partial charge in [0.05, 0.1) is 0 Å². The maximum absolute atomic E-state index is 11.9. The lowest BCUT2D eigenvalue weighted by Crippen LogP contribution is -2.51. The number of nitrogens with zero attached hydrogens (tertiary/aromatic N) is 2. The number of piperazine rings is 1. The standard InChI is InChI=1S/C12H11N3O3/c1-8(16)15-7-11(17)14-10(12(15)18)5-9-3-2-4-13-6-9/h2-6H,7H2,1H3,(H,14,17). The second-order valence-electron chi connectivity index (χ2n) is 3.80. The Hall–Kier alpha value is -2.50. The first kappa shape index (κ1) is 12.0. The van der Waals surface area contributed by atoms with Gasteiger partial charge in [0.2, 0.25) is 11.8 Å². The van der Waals surface area contributed by atoms with Crippen molar-refractivity contribution in [3.05, 3.63) is 35.8 Å². The van der Waals surface area contributed by atoms with Gasteiger partial charge >= 0.3 is 0 Å². The van der Waals surface area contributed by atoms with E-state index in [1.165, 1.54) is 13.0 Å². The Kier molecular flexibility index (Phi) is 3.18. The van der Waals surface area contributed by atoms with Gasteiger partial charge in [-0.15, -0.1) is 0 Å². The lowest BCUT2D eigenvalue weighted by atomic mass is 10.2. The van der Waals surface area contributed by atoms with Crippen molar-refractivity contribution in [1.82, 2.24) is 15.2 Å². The van der Waals surface area contributed by atoms with Crippen molar-refractivity contribution in [1.29, 1.82) is 0 Å². The first-order valence-electron chi connectivity index (χ1n) is 5.32. The first-order valence-corrected chi connectivity index (χ1v) is 5.32. The van der Waals surface area contributed by atoms with Crippen molar-refractivity contribution in [2.75, 3.05) is 6.54 Å². The predicted octanol–water partition coefficient (Wildman–Crippen LogP) is -0.0726. The zero-order valence-electron chi connectivity index (χ0n) is 9.71. The summed E-state index contributed by atoms with van der Waals surface area (Å²) < 4.78 is 0. The number of amides is 3. The van der Waals surface area contributed by atoms with Crippen molar-refractivity contribution in [2.24, 2.45) is 0 Å². The van der Waals surface area contributed by atoms with Gasteiger partial charge in [0, 0.05) is 19.3 Å². The number of rotatable bonds is 1. The van der Waals surface area contributed by atoms with Gasteiger partial charge in [-0.3, -0.25) is 24.3 Å². The van der Waals surface area contributed by atoms with E-state index < -0.39 is 11.8 Å². The van der Waals surface area contributed by atoms with Crippen LogP contribution in [-0.2, 0) is 14.4 Å². The molecule has 0 aromatic carbocycles. The fourth-order valence-electron chi connectivity index (χ4n) is 1.58. The molecule has 0 spiro atoms. The van der Waals surface area contributed by atoms with Crippen molar-refractivity contribution in [2.45, 2.75) is 6.92 Å². The van der Waals surface area contributed by atoms with E-state index in [9.17, 15) is 14.4 Å². The molecule has 0 saturated carbocycles. The third-order valence-corrected chi connectivity index (χ3v) is 2.43. The average Bonchev–Trinajstić information content (AvgIpc) is 2.34. The molecule has 2 heterocycles. The molecule has 18 heavy (non-hydrogen) atoms. The van der Waals surface area contributed by atoms with Gasteiger partial charge in [-0.05, 0) is 17.7 Å². The van der Waals surface area contributed by atoms with Crippen LogP contribution in [0, 0.1) is 0 Å². The molecule has 1 N–H and O–H groups in total. The normalized spacial score (nSPS) is 17.8. The van der Waals surface area contributed by atoms with Gasteiger partial charge in [-0.25, -0.2) is 0 Å². The Labute approximate surface area is 103 Å². The molecule has 0 bridgehead atoms. The number of aromatic nitrogens is 1. The smallest absolute Gasteiger partial charge is 0.277 e. The fraction of sp³-hybridized carbons (Fsp3) is 0.167. The van der Waals surface area contributed by atoms with Crippen LogP contribution in [0.2, 0.25) is 0 Å². The molecule has 6 heteroatoms. The van der Waals surface area contributed by atoms with E-state index in [0.717, 1.165) is 4.90 Å². The lowest BCUT2D eigenvalue weighted by Gasteiger charge is -2.25. The van der Waals surface area contributed by atoms with Crippen molar-refractivity contribution in [3.63, 3.8) is 0 Å². The molecule has 1 saturated heterocycles. The van der Waals surface area contributed by atoms with Crippen LogP contribution in [-0.4, -0.2) is 34.2 Å². The number of nitrogens with one attached hydrogen (secondary N) is 1. The largest absolute Gasteiger partial charge is 0.320 e. The van der Waals surface area contributed by atoms with E-state index in [0.29, 0.717) is 5.56 Å². The van der Waals surface area contributed by atoms with Crippen LogP contribution in [0.4, 0.5) is 0 Å². The lowest BCUT2D eigenvalue weighted by molar-refractivity contribution is -0.147. The summed E-state index contributed by atoms with van der Waals surface area (Å²) in [6.45, 7) is 1.01. The topological polar surface area (TPSA) is 79.4 Å². The molecule has 1 fully saturated rings. The Bertz CT molecular complexity index is 537. The molecule has 0 atom stereocenters. The summed E-state index contributed by atoms with van der Waals surface area (Å²) in [7, 11) is 0. The molecule has 1 aliphatic heterocycles. The Morgan fingerprint density at radius 2 is 2.28 bits per heavy atom. The monoisotopic (exact) mass is 245 g/mol. The maximum atomic E-state index is 11.9. The van der Waals surface area contributed by atoms with E-state index in [-0.39, 0.29) is 18.1 Å². The molecule has 0 aliphatic carbocycles. The minimum absolute atomic E-state index is 0.0782. The summed E-state index contributed by atoms with van der Waals surface area (Å²) in [6.07, 6.45) is 4.65. The first-order chi connectivity index (χ1) is 8.58. The minimum atomic E-state index is -0.508. The molecular weight excluding hydrogens is 234 g/mol. The van der Waals surface area contributed by atoms with Crippen LogP contribution >= 0.6 is 0 Å². The number of hydrogen-bond acceptors (Lipinski definition) is 4. The van der Waals surface area contributed by atoms with Gasteiger partial charge in [-0.2, -0.15) is 0 Å². The summed E-state index contributed by atoms with van der Waals surface area (Å²) in [4.78, 5) is 39.4. The van der Waals surface area contributed by atoms with Crippen molar-refractivity contribution >= 4 is 23.8 Å². The highest BCUT2D eigenvalue weighted by atomic mass is 16.2. The van der Waals surface area contributed by atoms with E-state index in [2.05, 4.69) is 10.3 Å². The highest BCUT2D eigenvalue weighted by molar-refractivity contribution is 6.12. The van der Waals surface area contributed by atoms with Crippen LogP contribution in [0.15, 0.2) is 30.2 Å². The molecular formula is C12H11N3O3. The predicted molar refractivity (Wildman–Crippen MR) is 62.8 cm³/mol. The summed E-state index contributed by atoms with van der Waals surface area (Å²) in [5.41, 5.74) is 0.751. The fourth-order valence-corrected chi connectivity index (χ4v) is 1.58. The molecule has 0 unspecified atom stereocenters. The van der Waals surface area contributed by atoms with Gasteiger partial charge in [0.25, 0.3) is 5.91 Å². The Balaban J connectivity index is 2.32. The van der Waals surface area contributed by atoms with Gasteiger partial charge in [0.1, 0.15) is 12.2 Å². The Morgan fingerprint density at radius 1 is 1.50 bits per heavy atom. The van der Waals surface area contributed by atoms with Gasteiger partial charge in [0.15, 0.2) is 0 Å². The molecule has 6 nitrogen and oxygen atoms in total. The highest BCUT2D eigenvalue weighted by Gasteiger charge is 2.30.